The molecule has 43 heavy (non-hydrogen) atoms. The van der Waals surface area contributed by atoms with Gasteiger partial charge in [-0.25, -0.2) is 4.79 Å². The van der Waals surface area contributed by atoms with Crippen molar-refractivity contribution in [3.63, 3.8) is 0 Å². The second-order valence-electron chi connectivity index (χ2n) is 8.79. The van der Waals surface area contributed by atoms with E-state index in [1.807, 2.05) is 0 Å². The number of ether oxygens (including phenoxy) is 4. The smallest absolute Gasteiger partial charge is 0.335 e. The Morgan fingerprint density at radius 3 is 2.30 bits per heavy atom. The van der Waals surface area contributed by atoms with E-state index in [-0.39, 0.29) is 46.9 Å². The van der Waals surface area contributed by atoms with Crippen molar-refractivity contribution in [3.05, 3.63) is 71.3 Å². The molecule has 0 bridgehead atoms. The molecule has 2 aliphatic rings. The molecule has 0 radical (unpaired) electrons. The molecule has 0 spiro atoms. The first-order valence-corrected chi connectivity index (χ1v) is 12.8. The van der Waals surface area contributed by atoms with Gasteiger partial charge in [0.2, 0.25) is 5.82 Å². The Hall–Kier alpha value is -4.61. The number of benzene rings is 2. The van der Waals surface area contributed by atoms with Gasteiger partial charge in [0.15, 0.2) is 18.4 Å². The number of aliphatic hydroxyl groups excluding tert-OH is 3. The maximum absolute atomic E-state index is 15.4. The number of oxime groups is 2. The minimum absolute atomic E-state index is 0.0491. The summed E-state index contributed by atoms with van der Waals surface area (Å²) in [5.41, 5.74) is -0.139. The van der Waals surface area contributed by atoms with Crippen molar-refractivity contribution in [2.24, 2.45) is 10.3 Å². The lowest BCUT2D eigenvalue weighted by Gasteiger charge is -2.37. The monoisotopic (exact) mass is 620 g/mol. The van der Waals surface area contributed by atoms with Gasteiger partial charge in [0.1, 0.15) is 42.7 Å². The van der Waals surface area contributed by atoms with E-state index in [4.69, 9.17) is 40.2 Å². The lowest BCUT2D eigenvalue weighted by molar-refractivity contribution is -0.294. The van der Waals surface area contributed by atoms with Crippen molar-refractivity contribution in [1.29, 1.82) is 0 Å². The molecule has 1 fully saturated rings. The fourth-order valence-corrected chi connectivity index (χ4v) is 4.01. The average Bonchev–Trinajstić information content (AvgIpc) is 3.01. The van der Waals surface area contributed by atoms with Crippen molar-refractivity contribution in [2.75, 3.05) is 13.2 Å². The zero-order valence-corrected chi connectivity index (χ0v) is 22.4. The van der Waals surface area contributed by atoms with Gasteiger partial charge in [-0.1, -0.05) is 41.0 Å². The Bertz CT molecular complexity index is 1540. The van der Waals surface area contributed by atoms with Crippen LogP contribution in [-0.2, 0) is 23.9 Å². The third kappa shape index (κ3) is 6.58. The number of para-hydroxylation sites is 2. The molecular weight excluding hydrogens is 599 g/mol. The molecule has 2 aliphatic heterocycles. The number of hydrogen-bond donors (Lipinski definition) is 4. The summed E-state index contributed by atoms with van der Waals surface area (Å²) in [6.45, 7) is 0.170. The van der Waals surface area contributed by atoms with Gasteiger partial charge in [0.05, 0.1) is 10.6 Å². The maximum atomic E-state index is 15.4. The lowest BCUT2D eigenvalue weighted by atomic mass is 9.99. The fourth-order valence-electron chi connectivity index (χ4n) is 3.83. The van der Waals surface area contributed by atoms with Crippen LogP contribution in [0.3, 0.4) is 0 Å². The Morgan fingerprint density at radius 2 is 1.63 bits per heavy atom. The summed E-state index contributed by atoms with van der Waals surface area (Å²) in [5.74, 6) is -3.83. The quantitative estimate of drug-likeness (QED) is 0.199. The standard InChI is InChI=1S/C26H22ClFN4O11/c27-13-6-2-4-8-15(13)41-23-16(28)22(29-11-30-23)40-14-7-3-1-5-12(14)17(24-32-39-10-9-38-24)31-43-26-20(35)18(33)19(34)21(42-26)25(36)37/h1-8,11,18-21,26,33-35H,9-10H2,(H,36,37)/b31-17+/t18-,19-,20+,21-,26-/m0/s1. The molecule has 15 nitrogen and oxygen atoms in total. The number of hydrogen-bond acceptors (Lipinski definition) is 14. The molecule has 5 rings (SSSR count). The van der Waals surface area contributed by atoms with Crippen LogP contribution in [0.15, 0.2) is 65.2 Å². The van der Waals surface area contributed by atoms with Gasteiger partial charge in [-0.2, -0.15) is 14.4 Å². The topological polar surface area (TPSA) is 204 Å². The highest BCUT2D eigenvalue weighted by molar-refractivity contribution is 6.45. The predicted molar refractivity (Wildman–Crippen MR) is 141 cm³/mol. The van der Waals surface area contributed by atoms with E-state index in [0.717, 1.165) is 6.33 Å². The number of carboxylic acid groups (broad SMARTS) is 1. The molecule has 3 heterocycles. The van der Waals surface area contributed by atoms with Crippen LogP contribution in [0.5, 0.6) is 23.3 Å². The van der Waals surface area contributed by atoms with Gasteiger partial charge in [0, 0.05) is 0 Å². The van der Waals surface area contributed by atoms with Gasteiger partial charge in [-0.05, 0) is 29.4 Å². The number of rotatable bonds is 9. The van der Waals surface area contributed by atoms with Crippen LogP contribution in [0, 0.1) is 5.82 Å². The maximum Gasteiger partial charge on any atom is 0.335 e. The van der Waals surface area contributed by atoms with E-state index in [0.29, 0.717) is 0 Å². The molecule has 2 aromatic carbocycles. The molecule has 0 unspecified atom stereocenters. The van der Waals surface area contributed by atoms with Crippen molar-refractivity contribution in [3.8, 4) is 23.3 Å². The Labute approximate surface area is 246 Å². The van der Waals surface area contributed by atoms with Gasteiger partial charge in [-0.15, -0.1) is 0 Å². The number of carbonyl (C=O) groups is 1. The molecule has 5 atom stereocenters. The second kappa shape index (κ2) is 13.1. The highest BCUT2D eigenvalue weighted by Gasteiger charge is 2.48. The summed E-state index contributed by atoms with van der Waals surface area (Å²) >= 11 is 6.10. The third-order valence-corrected chi connectivity index (χ3v) is 6.25. The number of halogens is 2. The largest absolute Gasteiger partial charge is 0.479 e. The summed E-state index contributed by atoms with van der Waals surface area (Å²) in [5, 5.41) is 47.6. The predicted octanol–water partition coefficient (Wildman–Crippen LogP) is 1.83. The van der Waals surface area contributed by atoms with E-state index in [2.05, 4.69) is 20.3 Å². The van der Waals surface area contributed by atoms with E-state index in [9.17, 15) is 25.2 Å². The van der Waals surface area contributed by atoms with E-state index in [1.54, 1.807) is 30.3 Å². The molecular formula is C26H22ClFN4O11. The Morgan fingerprint density at radius 1 is 0.953 bits per heavy atom. The van der Waals surface area contributed by atoms with Crippen LogP contribution < -0.4 is 9.47 Å². The summed E-state index contributed by atoms with van der Waals surface area (Å²) in [6, 6.07) is 12.4. The van der Waals surface area contributed by atoms with E-state index in [1.165, 1.54) is 18.2 Å². The van der Waals surface area contributed by atoms with Gasteiger partial charge >= 0.3 is 5.97 Å². The van der Waals surface area contributed by atoms with Crippen LogP contribution in [-0.4, -0.2) is 91.9 Å². The summed E-state index contributed by atoms with van der Waals surface area (Å²) in [6.07, 6.45) is -8.57. The summed E-state index contributed by atoms with van der Waals surface area (Å²) in [7, 11) is 0. The van der Waals surface area contributed by atoms with Crippen LogP contribution in [0.1, 0.15) is 5.56 Å². The molecule has 0 aliphatic carbocycles. The highest BCUT2D eigenvalue weighted by Crippen LogP contribution is 2.34. The zero-order chi connectivity index (χ0) is 30.5. The van der Waals surface area contributed by atoms with Crippen molar-refractivity contribution < 1.29 is 58.2 Å². The number of aliphatic hydroxyl groups is 3. The van der Waals surface area contributed by atoms with Crippen molar-refractivity contribution in [1.82, 2.24) is 9.97 Å². The molecule has 17 heteroatoms. The minimum atomic E-state index is -1.95. The summed E-state index contributed by atoms with van der Waals surface area (Å²) < 4.78 is 37.3. The van der Waals surface area contributed by atoms with E-state index >= 15 is 4.39 Å². The molecule has 3 aromatic rings. The Balaban J connectivity index is 1.47. The normalized spacial score (nSPS) is 23.8. The summed E-state index contributed by atoms with van der Waals surface area (Å²) in [4.78, 5) is 29.5. The lowest BCUT2D eigenvalue weighted by Crippen LogP contribution is -2.60. The average molecular weight is 621 g/mol. The van der Waals surface area contributed by atoms with Gasteiger partial charge < -0.3 is 49.0 Å². The fraction of sp³-hybridized carbons (Fsp3) is 0.269. The minimum Gasteiger partial charge on any atom is -0.479 e. The number of nitrogens with zero attached hydrogens (tertiary/aromatic N) is 4. The second-order valence-corrected chi connectivity index (χ2v) is 9.19. The van der Waals surface area contributed by atoms with Crippen LogP contribution >= 0.6 is 11.6 Å². The third-order valence-electron chi connectivity index (χ3n) is 5.94. The van der Waals surface area contributed by atoms with Crippen molar-refractivity contribution >= 4 is 29.2 Å². The first-order valence-electron chi connectivity index (χ1n) is 12.4. The van der Waals surface area contributed by atoms with Crippen molar-refractivity contribution in [2.45, 2.75) is 30.7 Å². The number of carboxylic acids is 1. The Kier molecular flexibility index (Phi) is 9.13. The first-order chi connectivity index (χ1) is 20.7. The molecule has 226 valence electrons. The molecule has 1 aromatic heterocycles. The molecule has 0 saturated carbocycles. The van der Waals surface area contributed by atoms with Crippen LogP contribution in [0.4, 0.5) is 4.39 Å². The van der Waals surface area contributed by atoms with E-state index < -0.39 is 54.3 Å². The molecule has 4 N–H and O–H groups in total. The van der Waals surface area contributed by atoms with Crippen LogP contribution in [0.25, 0.3) is 0 Å². The van der Waals surface area contributed by atoms with Crippen LogP contribution in [0.2, 0.25) is 5.02 Å². The highest BCUT2D eigenvalue weighted by atomic mass is 35.5. The van der Waals surface area contributed by atoms with Gasteiger partial charge in [0.25, 0.3) is 23.9 Å². The molecule has 1 saturated heterocycles. The molecule has 0 amide bonds. The van der Waals surface area contributed by atoms with Gasteiger partial charge in [-0.3, -0.25) is 0 Å². The zero-order valence-electron chi connectivity index (χ0n) is 21.7. The number of aromatic nitrogens is 2. The first kappa shape index (κ1) is 29.9. The SMILES string of the molecule is O=C(O)[C@H]1O[C@@H](O/N=C(/C2=NOCCO2)c2ccccc2Oc2ncnc(Oc3ccccc3Cl)c2F)[C@H](O)[C@@H](O)[C@@H]1O. The number of aliphatic carboxylic acids is 1.